The summed E-state index contributed by atoms with van der Waals surface area (Å²) in [6.07, 6.45) is 3.17. The largest absolute Gasteiger partial charge is 0.508 e. The number of likely N-dealkylation sites (tertiary alicyclic amines) is 1. The number of amides is 4. The summed E-state index contributed by atoms with van der Waals surface area (Å²) in [4.78, 5) is 61.2. The van der Waals surface area contributed by atoms with Crippen LogP contribution in [0.25, 0.3) is 20.7 Å². The number of aryl methyl sites for hydroxylation is 2. The number of benzene rings is 2. The number of nitrogens with zero attached hydrogens (tertiary/aromatic N) is 4. The number of carbonyl (C=O) groups is 4. The lowest BCUT2D eigenvalue weighted by molar-refractivity contribution is -0.140. The molecule has 1 saturated carbocycles. The highest BCUT2D eigenvalue weighted by molar-refractivity contribution is 7.22. The first kappa shape index (κ1) is 34.4. The highest BCUT2D eigenvalue weighted by Gasteiger charge is 2.68. The quantitative estimate of drug-likeness (QED) is 0.165. The Hall–Kier alpha value is -4.68. The van der Waals surface area contributed by atoms with Crippen LogP contribution in [-0.2, 0) is 26.2 Å². The van der Waals surface area contributed by atoms with Crippen LogP contribution < -0.4 is 14.4 Å². The van der Waals surface area contributed by atoms with Gasteiger partial charge in [-0.05, 0) is 68.2 Å². The van der Waals surface area contributed by atoms with Gasteiger partial charge < -0.3 is 14.6 Å². The molecular weight excluding hydrogens is 704 g/mol. The van der Waals surface area contributed by atoms with E-state index >= 15 is 4.79 Å². The number of carbonyl (C=O) groups excluding carboxylic acids is 4. The zero-order valence-electron chi connectivity index (χ0n) is 29.7. The van der Waals surface area contributed by atoms with E-state index in [-0.39, 0.29) is 35.5 Å². The summed E-state index contributed by atoms with van der Waals surface area (Å²) in [6.45, 7) is 6.07. The molecule has 2 aromatic heterocycles. The molecule has 2 aliphatic carbocycles. The molecule has 52 heavy (non-hydrogen) atoms. The van der Waals surface area contributed by atoms with Gasteiger partial charge in [0.2, 0.25) is 23.6 Å². The van der Waals surface area contributed by atoms with Crippen molar-refractivity contribution in [2.75, 3.05) is 25.7 Å². The summed E-state index contributed by atoms with van der Waals surface area (Å²) in [7, 11) is 4.66. The number of ether oxygens (including phenoxy) is 2. The van der Waals surface area contributed by atoms with Crippen LogP contribution in [0.1, 0.15) is 50.2 Å². The molecule has 8 rings (SSSR count). The number of imide groups is 2. The second kappa shape index (κ2) is 12.2. The third kappa shape index (κ3) is 4.65. The third-order valence-electron chi connectivity index (χ3n) is 11.8. The lowest BCUT2D eigenvalue weighted by atomic mass is 9.51. The maximum Gasteiger partial charge on any atom is 0.242 e. The van der Waals surface area contributed by atoms with Crippen LogP contribution in [0.15, 0.2) is 48.0 Å². The number of anilines is 1. The van der Waals surface area contributed by atoms with Gasteiger partial charge >= 0.3 is 0 Å². The number of allylic oxidation sites excluding steroid dienone is 2. The van der Waals surface area contributed by atoms with Crippen LogP contribution in [-0.4, -0.2) is 64.2 Å². The molecular formula is C39H39ClN4O7S. The number of aromatic nitrogens is 2. The summed E-state index contributed by atoms with van der Waals surface area (Å²) in [5.41, 5.74) is 1.57. The number of hydrogen-bond acceptors (Lipinski definition) is 9. The summed E-state index contributed by atoms with van der Waals surface area (Å²) < 4.78 is 14.3. The molecule has 6 atom stereocenters. The molecule has 3 fully saturated rings. The average Bonchev–Trinajstić information content (AvgIpc) is 3.79. The van der Waals surface area contributed by atoms with Crippen molar-refractivity contribution in [3.8, 4) is 27.8 Å². The topological polar surface area (TPSA) is 131 Å². The van der Waals surface area contributed by atoms with Crippen molar-refractivity contribution in [3.05, 3.63) is 64.2 Å². The number of fused-ring (bicyclic) bond motifs is 5. The third-order valence-corrected chi connectivity index (χ3v) is 13.4. The van der Waals surface area contributed by atoms with E-state index in [4.69, 9.17) is 26.2 Å². The molecule has 0 bridgehead atoms. The molecule has 4 aliphatic rings. The molecule has 0 radical (unpaired) electrons. The van der Waals surface area contributed by atoms with Gasteiger partial charge in [0, 0.05) is 53.0 Å². The monoisotopic (exact) mass is 742 g/mol. The minimum absolute atomic E-state index is 0.0901. The molecule has 4 heterocycles. The predicted octanol–water partition coefficient (Wildman–Crippen LogP) is 6.63. The maximum atomic E-state index is 15.2. The summed E-state index contributed by atoms with van der Waals surface area (Å²) in [5.74, 6) is -3.75. The van der Waals surface area contributed by atoms with E-state index in [1.807, 2.05) is 38.1 Å². The van der Waals surface area contributed by atoms with Crippen LogP contribution in [0.3, 0.4) is 0 Å². The number of phenolic OH excluding ortho intramolecular Hbond substituents is 1. The average molecular weight is 743 g/mol. The molecule has 2 aliphatic heterocycles. The predicted molar refractivity (Wildman–Crippen MR) is 197 cm³/mol. The Labute approximate surface area is 309 Å². The van der Waals surface area contributed by atoms with E-state index in [1.54, 1.807) is 36.1 Å². The number of methoxy groups -OCH3 is 2. The molecule has 2 aromatic carbocycles. The van der Waals surface area contributed by atoms with Gasteiger partial charge in [-0.15, -0.1) is 11.3 Å². The first-order valence-corrected chi connectivity index (χ1v) is 18.7. The minimum atomic E-state index is -1.35. The summed E-state index contributed by atoms with van der Waals surface area (Å²) >= 11 is 7.88. The fraction of sp³-hybridized carbons (Fsp3) is 0.410. The van der Waals surface area contributed by atoms with Gasteiger partial charge in [-0.1, -0.05) is 30.2 Å². The van der Waals surface area contributed by atoms with Gasteiger partial charge in [0.05, 0.1) is 42.3 Å². The minimum Gasteiger partial charge on any atom is -0.508 e. The van der Waals surface area contributed by atoms with Crippen LogP contribution >= 0.6 is 22.9 Å². The normalized spacial score (nSPS) is 26.9. The Kier molecular flexibility index (Phi) is 8.07. The number of hydrogen-bond donors (Lipinski definition) is 1. The number of phenols is 1. The smallest absolute Gasteiger partial charge is 0.242 e. The lowest BCUT2D eigenvalue weighted by Crippen LogP contribution is -2.49. The van der Waals surface area contributed by atoms with Gasteiger partial charge in [-0.3, -0.25) is 28.8 Å². The van der Waals surface area contributed by atoms with E-state index in [9.17, 15) is 19.5 Å². The van der Waals surface area contributed by atoms with Crippen LogP contribution in [0.2, 0.25) is 5.02 Å². The number of rotatable bonds is 7. The molecule has 4 aromatic rings. The van der Waals surface area contributed by atoms with E-state index < -0.39 is 46.8 Å². The number of aromatic hydroxyl groups is 1. The van der Waals surface area contributed by atoms with Crippen molar-refractivity contribution in [3.63, 3.8) is 0 Å². The Morgan fingerprint density at radius 2 is 1.73 bits per heavy atom. The zero-order valence-corrected chi connectivity index (χ0v) is 31.3. The first-order chi connectivity index (χ1) is 24.8. The van der Waals surface area contributed by atoms with E-state index in [0.29, 0.717) is 41.5 Å². The zero-order chi connectivity index (χ0) is 37.0. The Morgan fingerprint density at radius 1 is 1.02 bits per heavy atom. The summed E-state index contributed by atoms with van der Waals surface area (Å²) in [6, 6.07) is 10.4. The van der Waals surface area contributed by atoms with Crippen molar-refractivity contribution in [2.24, 2.45) is 36.1 Å². The van der Waals surface area contributed by atoms with E-state index in [2.05, 4.69) is 0 Å². The molecule has 11 nitrogen and oxygen atoms in total. The lowest BCUT2D eigenvalue weighted by Gasteiger charge is -2.49. The van der Waals surface area contributed by atoms with Crippen molar-refractivity contribution in [2.45, 2.75) is 46.0 Å². The van der Waals surface area contributed by atoms with Gasteiger partial charge in [0.15, 0.2) is 0 Å². The Balaban J connectivity index is 1.29. The van der Waals surface area contributed by atoms with Gasteiger partial charge in [-0.25, -0.2) is 4.90 Å². The van der Waals surface area contributed by atoms with Crippen LogP contribution in [0, 0.1) is 36.0 Å². The van der Waals surface area contributed by atoms with Crippen molar-refractivity contribution in [1.82, 2.24) is 14.7 Å². The van der Waals surface area contributed by atoms with Gasteiger partial charge in [0.1, 0.15) is 28.8 Å². The first-order valence-electron chi connectivity index (χ1n) is 17.5. The number of thiophene rings is 1. The highest BCUT2D eigenvalue weighted by Crippen LogP contribution is 2.65. The van der Waals surface area contributed by atoms with E-state index in [0.717, 1.165) is 26.1 Å². The van der Waals surface area contributed by atoms with Crippen LogP contribution in [0.5, 0.6) is 17.2 Å². The maximum absolute atomic E-state index is 15.2. The fourth-order valence-electron chi connectivity index (χ4n) is 9.48. The fourth-order valence-corrected chi connectivity index (χ4v) is 10.8. The van der Waals surface area contributed by atoms with Crippen LogP contribution in [0.4, 0.5) is 5.82 Å². The molecule has 2 saturated heterocycles. The van der Waals surface area contributed by atoms with Crippen molar-refractivity contribution < 1.29 is 33.8 Å². The second-order valence-corrected chi connectivity index (χ2v) is 16.0. The second-order valence-electron chi connectivity index (χ2n) is 14.5. The standard InChI is InChI=1S/C39H39ClN4O7S/c1-7-12-43-35(46)22-10-9-21-24(31(22)37(43)48)16-25-36(47)44(38(49)39(25,3)33(21)32-27(50-5)14-20(45)15-28(32)51-6)30-17-26(41-42(30)4)34-18(2)23-13-19(40)8-11-29(23)52-34/h8-9,11,13-15,17,22,24-25,31,33,45H,7,10,12,16H2,1-6H3. The SMILES string of the molecule is CCCN1C(=O)C2CC=C3C(CC4C(=O)N(c5cc(-c6sc7ccc(Cl)cc7c6C)nn5C)C(=O)C4(C)C3c3c(OC)cc(O)cc3OC)C2C1=O. The Morgan fingerprint density at radius 3 is 2.40 bits per heavy atom. The molecule has 6 unspecified atom stereocenters. The molecule has 270 valence electrons. The van der Waals surface area contributed by atoms with E-state index in [1.165, 1.54) is 36.2 Å². The number of halogens is 1. The molecule has 0 spiro atoms. The Bertz CT molecular complexity index is 2230. The van der Waals surface area contributed by atoms with Gasteiger partial charge in [0.25, 0.3) is 0 Å². The summed E-state index contributed by atoms with van der Waals surface area (Å²) in [5, 5.41) is 17.1. The molecule has 1 N–H and O–H groups in total. The molecule has 4 amide bonds. The highest BCUT2D eigenvalue weighted by atomic mass is 35.5. The van der Waals surface area contributed by atoms with Gasteiger partial charge in [-0.2, -0.15) is 5.10 Å². The van der Waals surface area contributed by atoms with Crippen molar-refractivity contribution >= 4 is 62.5 Å². The molecule has 13 heteroatoms. The van der Waals surface area contributed by atoms with Crippen molar-refractivity contribution in [1.29, 1.82) is 0 Å².